The quantitative estimate of drug-likeness (QED) is 0.0261. The van der Waals surface area contributed by atoms with E-state index in [1.165, 1.54) is 193 Å². The van der Waals surface area contributed by atoms with Crippen molar-refractivity contribution in [2.75, 3.05) is 13.2 Å². The van der Waals surface area contributed by atoms with Crippen LogP contribution in [0.25, 0.3) is 0 Å². The molecule has 9 heteroatoms. The normalized spacial score (nSPS) is 19.2. The van der Waals surface area contributed by atoms with Crippen LogP contribution in [-0.2, 0) is 14.3 Å². The molecule has 6 N–H and O–H groups in total. The Hall–Kier alpha value is -2.63. The van der Waals surface area contributed by atoms with E-state index < -0.39 is 49.5 Å². The Kier molecular flexibility index (Phi) is 54.2. The van der Waals surface area contributed by atoms with Gasteiger partial charge in [-0.1, -0.05) is 298 Å². The van der Waals surface area contributed by atoms with Gasteiger partial charge in [-0.2, -0.15) is 0 Å². The van der Waals surface area contributed by atoms with Crippen LogP contribution in [0.15, 0.2) is 85.1 Å². The zero-order valence-corrected chi connectivity index (χ0v) is 50.4. The molecule has 0 radical (unpaired) electrons. The first-order valence-corrected chi connectivity index (χ1v) is 32.8. The number of nitrogens with one attached hydrogen (secondary N) is 1. The SMILES string of the molecule is CC/C=C\C/C=C\C/C=C\C/C=C\C/C=C\C/C=C\CCCCCCCCCCCCCCCCCCCCCCCCC(=O)NC(COC1OC(CO)C(O)C(O)C1O)C(O)/C=C/CCCCCCCCCCCCCC. The molecule has 1 fully saturated rings. The van der Waals surface area contributed by atoms with Gasteiger partial charge in [-0.05, 0) is 70.6 Å². The van der Waals surface area contributed by atoms with Crippen molar-refractivity contribution >= 4 is 5.91 Å². The summed E-state index contributed by atoms with van der Waals surface area (Å²) in [7, 11) is 0. The lowest BCUT2D eigenvalue weighted by molar-refractivity contribution is -0.302. The van der Waals surface area contributed by atoms with Gasteiger partial charge in [-0.15, -0.1) is 0 Å². The van der Waals surface area contributed by atoms with Crippen LogP contribution >= 0.6 is 0 Å². The average molecular weight is 1090 g/mol. The third kappa shape index (κ3) is 46.0. The minimum absolute atomic E-state index is 0.174. The van der Waals surface area contributed by atoms with E-state index in [0.29, 0.717) is 6.42 Å². The first-order valence-electron chi connectivity index (χ1n) is 32.8. The van der Waals surface area contributed by atoms with Crippen molar-refractivity contribution in [3.63, 3.8) is 0 Å². The average Bonchev–Trinajstić information content (AvgIpc) is 3.46. The molecule has 0 bridgehead atoms. The molecule has 1 rings (SSSR count). The zero-order valence-electron chi connectivity index (χ0n) is 50.4. The van der Waals surface area contributed by atoms with E-state index in [1.54, 1.807) is 6.08 Å². The predicted octanol–water partition coefficient (Wildman–Crippen LogP) is 17.4. The van der Waals surface area contributed by atoms with Crippen LogP contribution in [0.1, 0.15) is 290 Å². The van der Waals surface area contributed by atoms with E-state index in [9.17, 15) is 30.3 Å². The summed E-state index contributed by atoms with van der Waals surface area (Å²) in [6.07, 6.45) is 75.4. The monoisotopic (exact) mass is 1090 g/mol. The topological polar surface area (TPSA) is 149 Å². The Morgan fingerprint density at radius 3 is 1.18 bits per heavy atom. The summed E-state index contributed by atoms with van der Waals surface area (Å²) in [5, 5.41) is 54.5. The highest BCUT2D eigenvalue weighted by Crippen LogP contribution is 2.23. The Morgan fingerprint density at radius 1 is 0.449 bits per heavy atom. The molecule has 7 atom stereocenters. The summed E-state index contributed by atoms with van der Waals surface area (Å²) in [5.74, 6) is -0.174. The lowest BCUT2D eigenvalue weighted by atomic mass is 9.99. The molecule has 1 amide bonds. The Labute approximate surface area is 480 Å². The van der Waals surface area contributed by atoms with Crippen molar-refractivity contribution < 1.29 is 39.8 Å². The number of ether oxygens (including phenoxy) is 2. The summed E-state index contributed by atoms with van der Waals surface area (Å²) in [6.45, 7) is 3.67. The van der Waals surface area contributed by atoms with Gasteiger partial charge in [0, 0.05) is 6.42 Å². The Balaban J connectivity index is 2.04. The molecular weight excluding hydrogens is 971 g/mol. The van der Waals surface area contributed by atoms with Gasteiger partial charge < -0.3 is 40.3 Å². The van der Waals surface area contributed by atoms with Gasteiger partial charge in [-0.3, -0.25) is 4.79 Å². The molecule has 0 spiro atoms. The van der Waals surface area contributed by atoms with Gasteiger partial charge in [0.1, 0.15) is 24.4 Å². The molecule has 7 unspecified atom stereocenters. The second-order valence-electron chi connectivity index (χ2n) is 22.5. The number of carbonyl (C=O) groups excluding carboxylic acids is 1. The molecule has 1 aliphatic heterocycles. The maximum absolute atomic E-state index is 13.1. The third-order valence-electron chi connectivity index (χ3n) is 15.2. The highest BCUT2D eigenvalue weighted by molar-refractivity contribution is 5.76. The maximum Gasteiger partial charge on any atom is 0.220 e. The first-order chi connectivity index (χ1) is 38.3. The van der Waals surface area contributed by atoms with E-state index in [1.807, 2.05) is 6.08 Å². The fraction of sp³-hybridized carbons (Fsp3) is 0.783. The van der Waals surface area contributed by atoms with Crippen molar-refractivity contribution in [2.24, 2.45) is 0 Å². The van der Waals surface area contributed by atoms with E-state index >= 15 is 0 Å². The fourth-order valence-corrected chi connectivity index (χ4v) is 10.1. The van der Waals surface area contributed by atoms with E-state index in [4.69, 9.17) is 9.47 Å². The highest BCUT2D eigenvalue weighted by Gasteiger charge is 2.44. The maximum atomic E-state index is 13.1. The minimum Gasteiger partial charge on any atom is -0.394 e. The number of allylic oxidation sites excluding steroid dienone is 13. The molecule has 0 aliphatic carbocycles. The van der Waals surface area contributed by atoms with Gasteiger partial charge in [-0.25, -0.2) is 0 Å². The van der Waals surface area contributed by atoms with E-state index in [2.05, 4.69) is 92.1 Å². The van der Waals surface area contributed by atoms with Crippen molar-refractivity contribution in [1.29, 1.82) is 0 Å². The molecule has 0 aromatic rings. The van der Waals surface area contributed by atoms with Gasteiger partial charge >= 0.3 is 0 Å². The second-order valence-corrected chi connectivity index (χ2v) is 22.5. The lowest BCUT2D eigenvalue weighted by Crippen LogP contribution is -2.60. The van der Waals surface area contributed by atoms with Gasteiger partial charge in [0.15, 0.2) is 6.29 Å². The predicted molar refractivity (Wildman–Crippen MR) is 332 cm³/mol. The largest absolute Gasteiger partial charge is 0.394 e. The third-order valence-corrected chi connectivity index (χ3v) is 15.2. The first kappa shape index (κ1) is 73.4. The highest BCUT2D eigenvalue weighted by atomic mass is 16.7. The molecule has 1 heterocycles. The van der Waals surface area contributed by atoms with Gasteiger partial charge in [0.05, 0.1) is 25.4 Å². The van der Waals surface area contributed by atoms with Crippen molar-refractivity contribution in [3.05, 3.63) is 85.1 Å². The van der Waals surface area contributed by atoms with Crippen LogP contribution in [0.3, 0.4) is 0 Å². The van der Waals surface area contributed by atoms with Gasteiger partial charge in [0.25, 0.3) is 0 Å². The number of aliphatic hydroxyl groups excluding tert-OH is 5. The number of aliphatic hydroxyl groups is 5. The molecule has 9 nitrogen and oxygen atoms in total. The standard InChI is InChI=1S/C69H123NO8/c1-3-5-7-9-11-13-15-17-19-20-21-22-23-24-25-26-27-28-29-30-31-32-33-34-35-36-37-38-39-40-41-42-43-44-45-47-49-51-53-55-57-59-65(73)70-62(61-77-69-68(76)67(75)66(74)64(60-71)78-69)63(72)58-56-54-52-50-48-46-18-16-14-12-10-8-6-4-2/h5,7,11,13,17,19,21-22,24-25,27-28,56,58,62-64,66-69,71-72,74-76H,3-4,6,8-10,12,14-16,18,20,23,26,29-55,57,59-61H2,1-2H3,(H,70,73)/b7-5-,13-11-,19-17-,22-21-,25-24-,28-27-,58-56+. The van der Waals surface area contributed by atoms with Crippen LogP contribution in [0.5, 0.6) is 0 Å². The molecule has 78 heavy (non-hydrogen) atoms. The minimum atomic E-state index is -1.57. The Morgan fingerprint density at radius 2 is 0.795 bits per heavy atom. The Bertz CT molecular complexity index is 1500. The smallest absolute Gasteiger partial charge is 0.220 e. The summed E-state index contributed by atoms with van der Waals surface area (Å²) >= 11 is 0. The van der Waals surface area contributed by atoms with Crippen molar-refractivity contribution in [2.45, 2.75) is 333 Å². The van der Waals surface area contributed by atoms with E-state index in [0.717, 1.165) is 77.0 Å². The number of amides is 1. The number of rotatable bonds is 56. The van der Waals surface area contributed by atoms with Crippen molar-refractivity contribution in [1.82, 2.24) is 5.32 Å². The molecule has 1 saturated heterocycles. The summed E-state index contributed by atoms with van der Waals surface area (Å²) in [6, 6.07) is -0.805. The summed E-state index contributed by atoms with van der Waals surface area (Å²) in [4.78, 5) is 13.1. The second kappa shape index (κ2) is 57.6. The number of unbranched alkanes of at least 4 members (excludes halogenated alkanes) is 34. The van der Waals surface area contributed by atoms with Crippen LogP contribution in [0, 0.1) is 0 Å². The van der Waals surface area contributed by atoms with Crippen molar-refractivity contribution in [3.8, 4) is 0 Å². The number of carbonyl (C=O) groups is 1. The van der Waals surface area contributed by atoms with Crippen LogP contribution in [0.4, 0.5) is 0 Å². The van der Waals surface area contributed by atoms with Crippen LogP contribution < -0.4 is 5.32 Å². The summed E-state index contributed by atoms with van der Waals surface area (Å²) in [5.41, 5.74) is 0. The number of hydrogen-bond donors (Lipinski definition) is 6. The molecule has 0 aromatic carbocycles. The lowest BCUT2D eigenvalue weighted by Gasteiger charge is -2.40. The summed E-state index contributed by atoms with van der Waals surface area (Å²) < 4.78 is 11.3. The van der Waals surface area contributed by atoms with Gasteiger partial charge in [0.2, 0.25) is 5.91 Å². The number of hydrogen-bond acceptors (Lipinski definition) is 8. The molecule has 0 saturated carbocycles. The zero-order chi connectivity index (χ0) is 56.5. The van der Waals surface area contributed by atoms with Crippen LogP contribution in [-0.4, -0.2) is 87.5 Å². The molecule has 0 aromatic heterocycles. The van der Waals surface area contributed by atoms with E-state index in [-0.39, 0.29) is 12.5 Å². The molecular formula is C69H123NO8. The fourth-order valence-electron chi connectivity index (χ4n) is 10.1. The van der Waals surface area contributed by atoms with Crippen LogP contribution in [0.2, 0.25) is 0 Å². The molecule has 452 valence electrons. The molecule has 1 aliphatic rings.